The normalized spacial score (nSPS) is 16.1. The van der Waals surface area contributed by atoms with Gasteiger partial charge in [0.25, 0.3) is 5.91 Å². The number of carboxylic acids is 1. The van der Waals surface area contributed by atoms with Crippen LogP contribution >= 0.6 is 0 Å². The number of anilines is 1. The first-order valence-corrected chi connectivity index (χ1v) is 6.66. The van der Waals surface area contributed by atoms with Gasteiger partial charge in [-0.3, -0.25) is 19.3 Å². The van der Waals surface area contributed by atoms with E-state index in [0.717, 1.165) is 4.90 Å². The van der Waals surface area contributed by atoms with Crippen molar-refractivity contribution in [1.29, 1.82) is 0 Å². The second-order valence-electron chi connectivity index (χ2n) is 5.36. The number of benzene rings is 1. The minimum atomic E-state index is -1.14. The summed E-state index contributed by atoms with van der Waals surface area (Å²) >= 11 is 0. The molecule has 112 valence electrons. The van der Waals surface area contributed by atoms with Crippen LogP contribution in [-0.4, -0.2) is 34.9 Å². The van der Waals surface area contributed by atoms with Gasteiger partial charge in [0.05, 0.1) is 5.69 Å². The molecule has 6 nitrogen and oxygen atoms in total. The molecule has 1 aromatic carbocycles. The van der Waals surface area contributed by atoms with Crippen LogP contribution in [0.2, 0.25) is 0 Å². The number of aliphatic carboxylic acids is 1. The van der Waals surface area contributed by atoms with Gasteiger partial charge >= 0.3 is 5.97 Å². The standard InChI is InChI=1S/C15H17NO5/c1-4-11(17)9-5-6-12-10(7-9)16(8-13(18)19)14(20)15(2,3)21-12/h5-7H,4,8H2,1-3H3,(H,18,19). The maximum atomic E-state index is 12.3. The van der Waals surface area contributed by atoms with Gasteiger partial charge in [0.15, 0.2) is 11.4 Å². The Hall–Kier alpha value is -2.37. The van der Waals surface area contributed by atoms with Crippen molar-refractivity contribution in [3.05, 3.63) is 23.8 Å². The molecule has 0 aromatic heterocycles. The summed E-state index contributed by atoms with van der Waals surface area (Å²) in [6.45, 7) is 4.43. The van der Waals surface area contributed by atoms with Gasteiger partial charge in [-0.2, -0.15) is 0 Å². The van der Waals surface area contributed by atoms with Crippen molar-refractivity contribution in [1.82, 2.24) is 0 Å². The molecule has 1 N–H and O–H groups in total. The molecule has 1 aromatic rings. The van der Waals surface area contributed by atoms with Crippen LogP contribution in [0.4, 0.5) is 5.69 Å². The second-order valence-corrected chi connectivity index (χ2v) is 5.36. The fourth-order valence-corrected chi connectivity index (χ4v) is 2.24. The first kappa shape index (κ1) is 15.0. The number of hydrogen-bond donors (Lipinski definition) is 1. The van der Waals surface area contributed by atoms with E-state index in [1.807, 2.05) is 0 Å². The third-order valence-corrected chi connectivity index (χ3v) is 3.31. The van der Waals surface area contributed by atoms with Crippen LogP contribution in [0, 0.1) is 0 Å². The van der Waals surface area contributed by atoms with E-state index in [1.165, 1.54) is 6.07 Å². The smallest absolute Gasteiger partial charge is 0.323 e. The Bertz CT molecular complexity index is 620. The number of amides is 1. The second kappa shape index (κ2) is 5.20. The molecule has 0 saturated heterocycles. The third kappa shape index (κ3) is 2.74. The van der Waals surface area contributed by atoms with Gasteiger partial charge in [-0.15, -0.1) is 0 Å². The highest BCUT2D eigenvalue weighted by Gasteiger charge is 2.41. The Kier molecular flexibility index (Phi) is 3.72. The molecule has 0 aliphatic carbocycles. The van der Waals surface area contributed by atoms with Crippen LogP contribution in [0.15, 0.2) is 18.2 Å². The first-order chi connectivity index (χ1) is 9.76. The summed E-state index contributed by atoms with van der Waals surface area (Å²) < 4.78 is 5.62. The predicted octanol–water partition coefficient (Wildman–Crippen LogP) is 1.87. The van der Waals surface area contributed by atoms with Crippen LogP contribution in [0.5, 0.6) is 5.75 Å². The molecular weight excluding hydrogens is 274 g/mol. The summed E-state index contributed by atoms with van der Waals surface area (Å²) in [6.07, 6.45) is 0.331. The van der Waals surface area contributed by atoms with Crippen LogP contribution in [-0.2, 0) is 9.59 Å². The maximum Gasteiger partial charge on any atom is 0.323 e. The summed E-state index contributed by atoms with van der Waals surface area (Å²) in [5, 5.41) is 9.00. The summed E-state index contributed by atoms with van der Waals surface area (Å²) in [7, 11) is 0. The molecule has 1 heterocycles. The van der Waals surface area contributed by atoms with E-state index in [-0.39, 0.29) is 5.78 Å². The average molecular weight is 291 g/mol. The average Bonchev–Trinajstić information content (AvgIpc) is 2.42. The quantitative estimate of drug-likeness (QED) is 0.856. The fraction of sp³-hybridized carbons (Fsp3) is 0.400. The van der Waals surface area contributed by atoms with Crippen molar-refractivity contribution < 1.29 is 24.2 Å². The highest BCUT2D eigenvalue weighted by molar-refractivity contribution is 6.06. The predicted molar refractivity (Wildman–Crippen MR) is 75.8 cm³/mol. The minimum Gasteiger partial charge on any atom is -0.480 e. The van der Waals surface area contributed by atoms with E-state index in [1.54, 1.807) is 32.9 Å². The van der Waals surface area contributed by atoms with Crippen molar-refractivity contribution in [2.24, 2.45) is 0 Å². The van der Waals surface area contributed by atoms with E-state index in [0.29, 0.717) is 23.4 Å². The third-order valence-electron chi connectivity index (χ3n) is 3.31. The molecule has 0 saturated carbocycles. The lowest BCUT2D eigenvalue weighted by Crippen LogP contribution is -2.53. The number of ketones is 1. The highest BCUT2D eigenvalue weighted by Crippen LogP contribution is 2.38. The molecule has 2 rings (SSSR count). The van der Waals surface area contributed by atoms with Crippen molar-refractivity contribution in [3.8, 4) is 5.75 Å². The lowest BCUT2D eigenvalue weighted by Gasteiger charge is -2.38. The van der Waals surface area contributed by atoms with Crippen molar-refractivity contribution in [2.45, 2.75) is 32.8 Å². The van der Waals surface area contributed by atoms with Gasteiger partial charge in [-0.1, -0.05) is 6.92 Å². The van der Waals surface area contributed by atoms with Gasteiger partial charge in [0.1, 0.15) is 12.3 Å². The van der Waals surface area contributed by atoms with Gasteiger partial charge in [-0.05, 0) is 32.0 Å². The SMILES string of the molecule is CCC(=O)c1ccc2c(c1)N(CC(=O)O)C(=O)C(C)(C)O2. The van der Waals surface area contributed by atoms with E-state index in [9.17, 15) is 14.4 Å². The molecule has 1 aliphatic heterocycles. The number of hydrogen-bond acceptors (Lipinski definition) is 4. The zero-order valence-corrected chi connectivity index (χ0v) is 12.2. The van der Waals surface area contributed by atoms with Gasteiger partial charge in [0.2, 0.25) is 0 Å². The number of Topliss-reactive ketones (excluding diaryl/α,β-unsaturated/α-hetero) is 1. The summed E-state index contributed by atoms with van der Waals surface area (Å²) in [5.41, 5.74) is -0.387. The van der Waals surface area contributed by atoms with Gasteiger partial charge in [0, 0.05) is 12.0 Å². The van der Waals surface area contributed by atoms with Gasteiger partial charge in [-0.25, -0.2) is 0 Å². The zero-order chi connectivity index (χ0) is 15.8. The number of carbonyl (C=O) groups is 3. The Balaban J connectivity index is 2.53. The molecule has 1 aliphatic rings. The molecule has 1 amide bonds. The molecule has 0 unspecified atom stereocenters. The van der Waals surface area contributed by atoms with Crippen molar-refractivity contribution in [3.63, 3.8) is 0 Å². The Labute approximate surface area is 122 Å². The lowest BCUT2D eigenvalue weighted by atomic mass is 10.0. The maximum absolute atomic E-state index is 12.3. The fourth-order valence-electron chi connectivity index (χ4n) is 2.24. The van der Waals surface area contributed by atoms with Crippen LogP contribution in [0.1, 0.15) is 37.6 Å². The van der Waals surface area contributed by atoms with Crippen LogP contribution < -0.4 is 9.64 Å². The largest absolute Gasteiger partial charge is 0.480 e. The summed E-state index contributed by atoms with van der Waals surface area (Å²) in [6, 6.07) is 4.73. The van der Waals surface area contributed by atoms with Crippen molar-refractivity contribution >= 4 is 23.3 Å². The lowest BCUT2D eigenvalue weighted by molar-refractivity contribution is -0.139. The Morgan fingerprint density at radius 1 is 1.33 bits per heavy atom. The summed E-state index contributed by atoms with van der Waals surface area (Å²) in [4.78, 5) is 36.3. The van der Waals surface area contributed by atoms with Crippen LogP contribution in [0.25, 0.3) is 0 Å². The molecule has 0 atom stereocenters. The molecule has 0 bridgehead atoms. The van der Waals surface area contributed by atoms with E-state index in [2.05, 4.69) is 0 Å². The number of ether oxygens (including phenoxy) is 1. The number of rotatable bonds is 4. The monoisotopic (exact) mass is 291 g/mol. The number of carbonyl (C=O) groups excluding carboxylic acids is 2. The topological polar surface area (TPSA) is 83.9 Å². The highest BCUT2D eigenvalue weighted by atomic mass is 16.5. The van der Waals surface area contributed by atoms with Crippen LogP contribution in [0.3, 0.4) is 0 Å². The number of nitrogens with zero attached hydrogens (tertiary/aromatic N) is 1. The molecule has 0 fully saturated rings. The molecular formula is C15H17NO5. The number of fused-ring (bicyclic) bond motifs is 1. The first-order valence-electron chi connectivity index (χ1n) is 6.66. The zero-order valence-electron chi connectivity index (χ0n) is 12.2. The molecule has 0 spiro atoms. The van der Waals surface area contributed by atoms with Crippen molar-refractivity contribution in [2.75, 3.05) is 11.4 Å². The van der Waals surface area contributed by atoms with E-state index < -0.39 is 24.0 Å². The van der Waals surface area contributed by atoms with E-state index >= 15 is 0 Å². The van der Waals surface area contributed by atoms with E-state index in [4.69, 9.17) is 9.84 Å². The summed E-state index contributed by atoms with van der Waals surface area (Å²) in [5.74, 6) is -1.25. The Morgan fingerprint density at radius 3 is 2.57 bits per heavy atom. The van der Waals surface area contributed by atoms with Gasteiger partial charge < -0.3 is 9.84 Å². The minimum absolute atomic E-state index is 0.0784. The Morgan fingerprint density at radius 2 is 2.00 bits per heavy atom. The molecule has 6 heteroatoms. The molecule has 0 radical (unpaired) electrons. The number of carboxylic acid groups (broad SMARTS) is 1. The molecule has 21 heavy (non-hydrogen) atoms.